The summed E-state index contributed by atoms with van der Waals surface area (Å²) >= 11 is 0. The SMILES string of the molecule is CN(CC1CCNCC1)C1CCN(C(=O)c2ccccc2)CC1. The van der Waals surface area contributed by atoms with Gasteiger partial charge >= 0.3 is 0 Å². The molecule has 0 radical (unpaired) electrons. The van der Waals surface area contributed by atoms with Crippen LogP contribution in [0.2, 0.25) is 0 Å². The maximum atomic E-state index is 12.5. The van der Waals surface area contributed by atoms with Crippen molar-refractivity contribution in [2.45, 2.75) is 31.7 Å². The van der Waals surface area contributed by atoms with E-state index in [0.717, 1.165) is 37.4 Å². The molecule has 23 heavy (non-hydrogen) atoms. The Labute approximate surface area is 139 Å². The van der Waals surface area contributed by atoms with Crippen molar-refractivity contribution >= 4 is 5.91 Å². The Hall–Kier alpha value is -1.39. The second-order valence-electron chi connectivity index (χ2n) is 7.02. The minimum absolute atomic E-state index is 0.185. The highest BCUT2D eigenvalue weighted by atomic mass is 16.2. The summed E-state index contributed by atoms with van der Waals surface area (Å²) in [5.74, 6) is 1.02. The molecule has 4 heteroatoms. The first-order valence-electron chi connectivity index (χ1n) is 8.99. The van der Waals surface area contributed by atoms with Crippen LogP contribution in [0.25, 0.3) is 0 Å². The first-order chi connectivity index (χ1) is 11.2. The first kappa shape index (κ1) is 16.5. The number of carbonyl (C=O) groups is 1. The van der Waals surface area contributed by atoms with Gasteiger partial charge in [0.25, 0.3) is 5.91 Å². The molecule has 0 saturated carbocycles. The standard InChI is InChI=1S/C19H29N3O/c1-21(15-16-7-11-20-12-8-16)18-9-13-22(14-10-18)19(23)17-5-3-2-4-6-17/h2-6,16,18,20H,7-15H2,1H3. The van der Waals surface area contributed by atoms with Crippen LogP contribution in [0.1, 0.15) is 36.0 Å². The number of piperidine rings is 2. The Morgan fingerprint density at radius 3 is 2.43 bits per heavy atom. The van der Waals surface area contributed by atoms with Crippen molar-refractivity contribution < 1.29 is 4.79 Å². The summed E-state index contributed by atoms with van der Waals surface area (Å²) in [7, 11) is 2.27. The van der Waals surface area contributed by atoms with Gasteiger partial charge in [-0.1, -0.05) is 18.2 Å². The van der Waals surface area contributed by atoms with Crippen molar-refractivity contribution in [2.24, 2.45) is 5.92 Å². The van der Waals surface area contributed by atoms with Crippen LogP contribution >= 0.6 is 0 Å². The van der Waals surface area contributed by atoms with Crippen LogP contribution in [-0.4, -0.2) is 61.5 Å². The van der Waals surface area contributed by atoms with E-state index in [1.54, 1.807) is 0 Å². The molecule has 0 aromatic heterocycles. The van der Waals surface area contributed by atoms with Gasteiger partial charge in [-0.3, -0.25) is 4.79 Å². The Morgan fingerprint density at radius 2 is 1.78 bits per heavy atom. The number of nitrogens with one attached hydrogen (secondary N) is 1. The summed E-state index contributed by atoms with van der Waals surface area (Å²) < 4.78 is 0. The number of benzene rings is 1. The van der Waals surface area contributed by atoms with Gasteiger partial charge in [-0.25, -0.2) is 0 Å². The Kier molecular flexibility index (Phi) is 5.68. The van der Waals surface area contributed by atoms with Gasteiger partial charge < -0.3 is 15.1 Å². The van der Waals surface area contributed by atoms with Crippen molar-refractivity contribution in [3.8, 4) is 0 Å². The number of rotatable bonds is 4. The summed E-state index contributed by atoms with van der Waals surface area (Å²) in [4.78, 5) is 17.1. The molecular formula is C19H29N3O. The lowest BCUT2D eigenvalue weighted by molar-refractivity contribution is 0.0625. The minimum atomic E-state index is 0.185. The average molecular weight is 315 g/mol. The highest BCUT2D eigenvalue weighted by Crippen LogP contribution is 2.20. The molecular weight excluding hydrogens is 286 g/mol. The van der Waals surface area contributed by atoms with Crippen LogP contribution < -0.4 is 5.32 Å². The number of hydrogen-bond acceptors (Lipinski definition) is 3. The molecule has 0 spiro atoms. The highest BCUT2D eigenvalue weighted by molar-refractivity contribution is 5.94. The van der Waals surface area contributed by atoms with Gasteiger partial charge in [-0.05, 0) is 63.9 Å². The number of hydrogen-bond donors (Lipinski definition) is 1. The second-order valence-corrected chi connectivity index (χ2v) is 7.02. The lowest BCUT2D eigenvalue weighted by atomic mass is 9.95. The highest BCUT2D eigenvalue weighted by Gasteiger charge is 2.27. The normalized spacial score (nSPS) is 20.9. The van der Waals surface area contributed by atoms with E-state index in [0.29, 0.717) is 6.04 Å². The largest absolute Gasteiger partial charge is 0.339 e. The third kappa shape index (κ3) is 4.33. The smallest absolute Gasteiger partial charge is 0.253 e. The van der Waals surface area contributed by atoms with Crippen LogP contribution in [0.15, 0.2) is 30.3 Å². The molecule has 2 aliphatic heterocycles. The Bertz CT molecular complexity index is 491. The van der Waals surface area contributed by atoms with Crippen molar-refractivity contribution in [3.05, 3.63) is 35.9 Å². The number of carbonyl (C=O) groups excluding carboxylic acids is 1. The van der Waals surface area contributed by atoms with E-state index in [4.69, 9.17) is 0 Å². The van der Waals surface area contributed by atoms with Crippen molar-refractivity contribution in [2.75, 3.05) is 39.8 Å². The maximum absolute atomic E-state index is 12.5. The molecule has 3 rings (SSSR count). The van der Waals surface area contributed by atoms with Gasteiger partial charge in [-0.15, -0.1) is 0 Å². The van der Waals surface area contributed by atoms with Crippen LogP contribution in [0.5, 0.6) is 0 Å². The number of nitrogens with zero attached hydrogens (tertiary/aromatic N) is 2. The molecule has 2 saturated heterocycles. The molecule has 2 aliphatic rings. The van der Waals surface area contributed by atoms with Gasteiger partial charge in [0.15, 0.2) is 0 Å². The van der Waals surface area contributed by atoms with Crippen LogP contribution in [0.4, 0.5) is 0 Å². The molecule has 0 atom stereocenters. The average Bonchev–Trinajstić information content (AvgIpc) is 2.63. The molecule has 0 bridgehead atoms. The number of likely N-dealkylation sites (tertiary alicyclic amines) is 1. The number of amides is 1. The topological polar surface area (TPSA) is 35.6 Å². The van der Waals surface area contributed by atoms with Crippen molar-refractivity contribution in [3.63, 3.8) is 0 Å². The van der Waals surface area contributed by atoms with E-state index in [2.05, 4.69) is 17.3 Å². The summed E-state index contributed by atoms with van der Waals surface area (Å²) in [5, 5.41) is 3.44. The van der Waals surface area contributed by atoms with Gasteiger partial charge in [0.2, 0.25) is 0 Å². The van der Waals surface area contributed by atoms with E-state index in [1.165, 1.54) is 32.5 Å². The molecule has 1 aromatic carbocycles. The maximum Gasteiger partial charge on any atom is 0.253 e. The Morgan fingerprint density at radius 1 is 1.13 bits per heavy atom. The fourth-order valence-electron chi connectivity index (χ4n) is 3.89. The fraction of sp³-hybridized carbons (Fsp3) is 0.632. The minimum Gasteiger partial charge on any atom is -0.339 e. The zero-order valence-corrected chi connectivity index (χ0v) is 14.2. The van der Waals surface area contributed by atoms with Crippen molar-refractivity contribution in [1.82, 2.24) is 15.1 Å². The van der Waals surface area contributed by atoms with Crippen molar-refractivity contribution in [1.29, 1.82) is 0 Å². The quantitative estimate of drug-likeness (QED) is 0.925. The molecule has 126 valence electrons. The van der Waals surface area contributed by atoms with E-state index in [-0.39, 0.29) is 5.91 Å². The second kappa shape index (κ2) is 7.93. The summed E-state index contributed by atoms with van der Waals surface area (Å²) in [6, 6.07) is 10.3. The third-order valence-electron chi connectivity index (χ3n) is 5.40. The van der Waals surface area contributed by atoms with Gasteiger partial charge in [0.1, 0.15) is 0 Å². The van der Waals surface area contributed by atoms with Gasteiger partial charge in [-0.2, -0.15) is 0 Å². The lowest BCUT2D eigenvalue weighted by Crippen LogP contribution is -2.47. The molecule has 2 heterocycles. The molecule has 0 unspecified atom stereocenters. The fourth-order valence-corrected chi connectivity index (χ4v) is 3.89. The third-order valence-corrected chi connectivity index (χ3v) is 5.40. The molecule has 2 fully saturated rings. The van der Waals surface area contributed by atoms with E-state index in [9.17, 15) is 4.79 Å². The van der Waals surface area contributed by atoms with Crippen LogP contribution in [0, 0.1) is 5.92 Å². The summed E-state index contributed by atoms with van der Waals surface area (Å²) in [5.41, 5.74) is 0.814. The first-order valence-corrected chi connectivity index (χ1v) is 8.99. The summed E-state index contributed by atoms with van der Waals surface area (Å²) in [6.45, 7) is 5.31. The molecule has 0 aliphatic carbocycles. The monoisotopic (exact) mass is 315 g/mol. The zero-order valence-electron chi connectivity index (χ0n) is 14.2. The summed E-state index contributed by atoms with van der Waals surface area (Å²) in [6.07, 6.45) is 4.80. The van der Waals surface area contributed by atoms with E-state index in [1.807, 2.05) is 35.2 Å². The van der Waals surface area contributed by atoms with E-state index < -0.39 is 0 Å². The Balaban J connectivity index is 1.47. The zero-order chi connectivity index (χ0) is 16.1. The predicted octanol–water partition coefficient (Wildman–Crippen LogP) is 2.22. The van der Waals surface area contributed by atoms with E-state index >= 15 is 0 Å². The van der Waals surface area contributed by atoms with Crippen LogP contribution in [0.3, 0.4) is 0 Å². The van der Waals surface area contributed by atoms with Gasteiger partial charge in [0, 0.05) is 31.2 Å². The molecule has 1 aromatic rings. The van der Waals surface area contributed by atoms with Gasteiger partial charge in [0.05, 0.1) is 0 Å². The molecule has 1 N–H and O–H groups in total. The molecule has 1 amide bonds. The molecule has 4 nitrogen and oxygen atoms in total. The lowest BCUT2D eigenvalue weighted by Gasteiger charge is -2.38. The van der Waals surface area contributed by atoms with Crippen LogP contribution in [-0.2, 0) is 0 Å². The predicted molar refractivity (Wildman–Crippen MR) is 93.6 cm³/mol.